The summed E-state index contributed by atoms with van der Waals surface area (Å²) in [4.78, 5) is 22.7. The van der Waals surface area contributed by atoms with Gasteiger partial charge in [0, 0.05) is 7.11 Å². The second-order valence-electron chi connectivity index (χ2n) is 4.21. The summed E-state index contributed by atoms with van der Waals surface area (Å²) in [6.07, 6.45) is -0.708. The Kier molecular flexibility index (Phi) is 13.9. The van der Waals surface area contributed by atoms with Crippen molar-refractivity contribution in [3.05, 3.63) is 0 Å². The highest BCUT2D eigenvalue weighted by molar-refractivity contribution is 5.73. The van der Waals surface area contributed by atoms with Crippen LogP contribution in [0.2, 0.25) is 0 Å². The van der Waals surface area contributed by atoms with Crippen molar-refractivity contribution in [2.75, 3.05) is 54.0 Å². The summed E-state index contributed by atoms with van der Waals surface area (Å²) >= 11 is 0. The Bertz CT molecular complexity index is 295. The van der Waals surface area contributed by atoms with Crippen LogP contribution in [0.5, 0.6) is 0 Å². The molecule has 0 aromatic rings. The van der Waals surface area contributed by atoms with Gasteiger partial charge in [0.05, 0.1) is 59.1 Å². The van der Waals surface area contributed by atoms with Crippen molar-refractivity contribution in [3.63, 3.8) is 0 Å². The lowest BCUT2D eigenvalue weighted by Gasteiger charge is -2.16. The normalized spacial score (nSPS) is 12.0. The average Bonchev–Trinajstić information content (AvgIpc) is 2.49. The Hall–Kier alpha value is -1.22. The molecule has 8 heteroatoms. The Balaban J connectivity index is 3.87. The standard InChI is InChI=1S/C14H26O8/c1-4-21-14(16)10-12(9-13(15)18-3)22-11-20-8-7-19-6-5-17-2/h12H,4-11H2,1-3H3/t12-/m0/s1. The molecule has 0 radical (unpaired) electrons. The Morgan fingerprint density at radius 3 is 2.18 bits per heavy atom. The van der Waals surface area contributed by atoms with E-state index >= 15 is 0 Å². The van der Waals surface area contributed by atoms with Gasteiger partial charge in [-0.15, -0.1) is 0 Å². The summed E-state index contributed by atoms with van der Waals surface area (Å²) in [7, 11) is 2.87. The second kappa shape index (κ2) is 14.7. The summed E-state index contributed by atoms with van der Waals surface area (Å²) in [6, 6.07) is 0. The highest BCUT2D eigenvalue weighted by Gasteiger charge is 2.19. The van der Waals surface area contributed by atoms with Crippen LogP contribution in [-0.4, -0.2) is 72.1 Å². The predicted molar refractivity (Wildman–Crippen MR) is 76.3 cm³/mol. The summed E-state index contributed by atoms with van der Waals surface area (Å²) in [5, 5.41) is 0. The van der Waals surface area contributed by atoms with E-state index in [0.717, 1.165) is 0 Å². The molecule has 0 heterocycles. The maximum absolute atomic E-state index is 11.4. The molecule has 0 amide bonds. The summed E-state index contributed by atoms with van der Waals surface area (Å²) in [6.45, 7) is 3.71. The minimum atomic E-state index is -0.638. The van der Waals surface area contributed by atoms with Crippen molar-refractivity contribution in [1.82, 2.24) is 0 Å². The molecule has 0 aliphatic carbocycles. The first-order valence-electron chi connectivity index (χ1n) is 7.12. The molecule has 0 spiro atoms. The summed E-state index contributed by atoms with van der Waals surface area (Å²) in [5.41, 5.74) is 0. The summed E-state index contributed by atoms with van der Waals surface area (Å²) < 4.78 is 30.0. The zero-order valence-corrected chi connectivity index (χ0v) is 13.5. The number of hydrogen-bond acceptors (Lipinski definition) is 8. The Morgan fingerprint density at radius 2 is 1.55 bits per heavy atom. The summed E-state index contributed by atoms with van der Waals surface area (Å²) in [5.74, 6) is -0.892. The van der Waals surface area contributed by atoms with E-state index in [4.69, 9.17) is 23.7 Å². The van der Waals surface area contributed by atoms with Gasteiger partial charge in [0.2, 0.25) is 0 Å². The number of hydrogen-bond donors (Lipinski definition) is 0. The van der Waals surface area contributed by atoms with Gasteiger partial charge < -0.3 is 28.4 Å². The van der Waals surface area contributed by atoms with Gasteiger partial charge >= 0.3 is 11.9 Å². The predicted octanol–water partition coefficient (Wildman–Crippen LogP) is 0.525. The van der Waals surface area contributed by atoms with Crippen molar-refractivity contribution in [1.29, 1.82) is 0 Å². The molecule has 0 saturated heterocycles. The zero-order valence-electron chi connectivity index (χ0n) is 13.5. The molecule has 22 heavy (non-hydrogen) atoms. The molecule has 1 atom stereocenters. The van der Waals surface area contributed by atoms with Gasteiger partial charge in [-0.1, -0.05) is 0 Å². The maximum Gasteiger partial charge on any atom is 0.308 e. The minimum absolute atomic E-state index is 0.0311. The van der Waals surface area contributed by atoms with E-state index in [9.17, 15) is 9.59 Å². The molecule has 0 bridgehead atoms. The molecule has 8 nitrogen and oxygen atoms in total. The van der Waals surface area contributed by atoms with E-state index in [1.807, 2.05) is 0 Å². The fourth-order valence-electron chi connectivity index (χ4n) is 1.43. The van der Waals surface area contributed by atoms with Crippen LogP contribution in [0.1, 0.15) is 19.8 Å². The van der Waals surface area contributed by atoms with E-state index in [1.54, 1.807) is 14.0 Å². The van der Waals surface area contributed by atoms with Gasteiger partial charge in [-0.3, -0.25) is 9.59 Å². The van der Waals surface area contributed by atoms with Crippen LogP contribution in [-0.2, 0) is 38.0 Å². The maximum atomic E-state index is 11.4. The quantitative estimate of drug-likeness (QED) is 0.260. The molecule has 0 N–H and O–H groups in total. The minimum Gasteiger partial charge on any atom is -0.469 e. The first-order chi connectivity index (χ1) is 10.6. The van der Waals surface area contributed by atoms with Crippen LogP contribution < -0.4 is 0 Å². The topological polar surface area (TPSA) is 89.5 Å². The van der Waals surface area contributed by atoms with Gasteiger partial charge in [-0.25, -0.2) is 0 Å². The van der Waals surface area contributed by atoms with E-state index in [1.165, 1.54) is 7.11 Å². The Morgan fingerprint density at radius 1 is 0.909 bits per heavy atom. The lowest BCUT2D eigenvalue weighted by Crippen LogP contribution is -2.25. The van der Waals surface area contributed by atoms with Gasteiger partial charge in [-0.05, 0) is 6.92 Å². The van der Waals surface area contributed by atoms with Crippen LogP contribution in [0.3, 0.4) is 0 Å². The molecular weight excluding hydrogens is 296 g/mol. The third-order valence-electron chi connectivity index (χ3n) is 2.51. The molecule has 0 aliphatic rings. The highest BCUT2D eigenvalue weighted by atomic mass is 16.7. The van der Waals surface area contributed by atoms with E-state index < -0.39 is 18.0 Å². The SMILES string of the molecule is CCOC(=O)C[C@H](CC(=O)OC)OCOCCOCCOC. The van der Waals surface area contributed by atoms with Gasteiger partial charge in [-0.2, -0.15) is 0 Å². The van der Waals surface area contributed by atoms with Crippen molar-refractivity contribution in [3.8, 4) is 0 Å². The van der Waals surface area contributed by atoms with Crippen LogP contribution in [0.15, 0.2) is 0 Å². The number of esters is 2. The van der Waals surface area contributed by atoms with Crippen molar-refractivity contribution < 1.29 is 38.0 Å². The third kappa shape index (κ3) is 12.5. The van der Waals surface area contributed by atoms with Crippen molar-refractivity contribution >= 4 is 11.9 Å². The smallest absolute Gasteiger partial charge is 0.308 e. The fourth-order valence-corrected chi connectivity index (χ4v) is 1.43. The molecule has 0 saturated carbocycles. The van der Waals surface area contributed by atoms with Crippen LogP contribution >= 0.6 is 0 Å². The number of methoxy groups -OCH3 is 2. The van der Waals surface area contributed by atoms with E-state index in [-0.39, 0.29) is 26.2 Å². The molecular formula is C14H26O8. The lowest BCUT2D eigenvalue weighted by atomic mass is 10.2. The van der Waals surface area contributed by atoms with Crippen LogP contribution in [0, 0.1) is 0 Å². The highest BCUT2D eigenvalue weighted by Crippen LogP contribution is 2.07. The number of carbonyl (C=O) groups is 2. The molecule has 0 aliphatic heterocycles. The number of ether oxygens (including phenoxy) is 6. The van der Waals surface area contributed by atoms with E-state index in [0.29, 0.717) is 26.4 Å². The van der Waals surface area contributed by atoms with Gasteiger partial charge in [0.25, 0.3) is 0 Å². The molecule has 0 unspecified atom stereocenters. The van der Waals surface area contributed by atoms with Gasteiger partial charge in [0.1, 0.15) is 6.79 Å². The van der Waals surface area contributed by atoms with E-state index in [2.05, 4.69) is 4.74 Å². The van der Waals surface area contributed by atoms with Gasteiger partial charge in [0.15, 0.2) is 0 Å². The first-order valence-corrected chi connectivity index (χ1v) is 7.12. The molecule has 0 fully saturated rings. The molecule has 0 aromatic heterocycles. The first kappa shape index (κ1) is 20.8. The molecule has 0 rings (SSSR count). The van der Waals surface area contributed by atoms with Crippen molar-refractivity contribution in [2.24, 2.45) is 0 Å². The molecule has 130 valence electrons. The van der Waals surface area contributed by atoms with Crippen LogP contribution in [0.25, 0.3) is 0 Å². The van der Waals surface area contributed by atoms with Crippen LogP contribution in [0.4, 0.5) is 0 Å². The largest absolute Gasteiger partial charge is 0.469 e. The Labute approximate surface area is 130 Å². The number of carbonyl (C=O) groups excluding carboxylic acids is 2. The zero-order chi connectivity index (χ0) is 16.6. The lowest BCUT2D eigenvalue weighted by molar-refractivity contribution is -0.156. The third-order valence-corrected chi connectivity index (χ3v) is 2.51. The average molecular weight is 322 g/mol. The number of rotatable bonds is 14. The fraction of sp³-hybridized carbons (Fsp3) is 0.857. The van der Waals surface area contributed by atoms with Crippen molar-refractivity contribution in [2.45, 2.75) is 25.9 Å². The second-order valence-corrected chi connectivity index (χ2v) is 4.21. The molecule has 0 aromatic carbocycles. The monoisotopic (exact) mass is 322 g/mol.